The number of hydrogen-bond donors (Lipinski definition) is 0. The van der Waals surface area contributed by atoms with E-state index in [9.17, 15) is 9.36 Å². The Morgan fingerprint density at radius 3 is 1.82 bits per heavy atom. The van der Waals surface area contributed by atoms with Crippen LogP contribution < -0.4 is 0 Å². The number of benzene rings is 3. The number of phosphoric acid groups is 1. The number of rotatable bonds is 11. The summed E-state index contributed by atoms with van der Waals surface area (Å²) in [5.74, 6) is -0.462. The van der Waals surface area contributed by atoms with Crippen LogP contribution in [-0.4, -0.2) is 24.6 Å². The molecule has 1 aliphatic heterocycles. The van der Waals surface area contributed by atoms with Gasteiger partial charge in [-0.2, -0.15) is 0 Å². The fourth-order valence-electron chi connectivity index (χ4n) is 3.27. The molecule has 0 saturated carbocycles. The molecule has 0 N–H and O–H groups in total. The molecule has 0 spiro atoms. The average molecular weight is 484 g/mol. The molecule has 1 fully saturated rings. The molecule has 1 heterocycles. The molecule has 0 aromatic heterocycles. The van der Waals surface area contributed by atoms with Gasteiger partial charge in [-0.3, -0.25) is 18.4 Å². The van der Waals surface area contributed by atoms with E-state index in [0.717, 1.165) is 0 Å². The van der Waals surface area contributed by atoms with E-state index in [1.54, 1.807) is 72.8 Å². The summed E-state index contributed by atoms with van der Waals surface area (Å²) in [5.41, 5.74) is 1.98. The number of hydrogen-bond acceptors (Lipinski definition) is 7. The molecule has 8 heteroatoms. The minimum Gasteiger partial charge on any atom is -0.339 e. The van der Waals surface area contributed by atoms with E-state index in [1.807, 2.05) is 18.2 Å². The molecule has 1 saturated heterocycles. The molecule has 4 rings (SSSR count). The molecule has 0 amide bonds. The van der Waals surface area contributed by atoms with Gasteiger partial charge in [0, 0.05) is 5.56 Å². The van der Waals surface area contributed by atoms with Crippen molar-refractivity contribution in [1.82, 2.24) is 0 Å². The number of ether oxygens (including phenoxy) is 2. The van der Waals surface area contributed by atoms with Crippen LogP contribution in [0, 0.1) is 0 Å². The summed E-state index contributed by atoms with van der Waals surface area (Å²) < 4.78 is 58.8. The van der Waals surface area contributed by atoms with Gasteiger partial charge in [0.1, 0.15) is 12.2 Å². The van der Waals surface area contributed by atoms with Crippen molar-refractivity contribution in [1.29, 1.82) is 0 Å². The lowest BCUT2D eigenvalue weighted by molar-refractivity contribution is -0.129. The van der Waals surface area contributed by atoms with E-state index in [1.165, 1.54) is 6.92 Å². The van der Waals surface area contributed by atoms with Gasteiger partial charge in [-0.05, 0) is 18.1 Å². The van der Waals surface area contributed by atoms with Crippen LogP contribution in [0.1, 0.15) is 32.6 Å². The van der Waals surface area contributed by atoms with Crippen molar-refractivity contribution in [2.45, 2.75) is 38.6 Å². The Balaban J connectivity index is 1.55. The molecule has 3 atom stereocenters. The van der Waals surface area contributed by atoms with Crippen molar-refractivity contribution < 1.29 is 35.1 Å². The van der Waals surface area contributed by atoms with Crippen LogP contribution in [0.3, 0.4) is 0 Å². The maximum Gasteiger partial charge on any atom is 0.475 e. The van der Waals surface area contributed by atoms with Gasteiger partial charge in [0.05, 0.1) is 22.5 Å². The van der Waals surface area contributed by atoms with Crippen molar-refractivity contribution in [2.24, 2.45) is 0 Å². The highest BCUT2D eigenvalue weighted by molar-refractivity contribution is 7.48. The molecule has 0 radical (unpaired) electrons. The van der Waals surface area contributed by atoms with Crippen LogP contribution in [0.25, 0.3) is 0 Å². The number of phosphoric ester groups is 1. The maximum atomic E-state index is 13.7. The van der Waals surface area contributed by atoms with Gasteiger partial charge in [-0.25, -0.2) is 4.57 Å². The third-order valence-corrected chi connectivity index (χ3v) is 6.25. The maximum absolute atomic E-state index is 13.7. The zero-order chi connectivity index (χ0) is 25.6. The summed E-state index contributed by atoms with van der Waals surface area (Å²) >= 11 is 0. The van der Waals surface area contributed by atoms with Gasteiger partial charge < -0.3 is 9.47 Å². The van der Waals surface area contributed by atoms with Gasteiger partial charge >= 0.3 is 7.82 Å². The Bertz CT molecular complexity index is 1130. The Hall–Kier alpha value is -2.64. The quantitative estimate of drug-likeness (QED) is 0.327. The topological polar surface area (TPSA) is 80.3 Å². The Labute approximate surface area is 202 Å². The van der Waals surface area contributed by atoms with E-state index < -0.39 is 38.7 Å². The minimum absolute atomic E-state index is 0.145. The van der Waals surface area contributed by atoms with Crippen LogP contribution in [0.15, 0.2) is 91.0 Å². The van der Waals surface area contributed by atoms with Crippen LogP contribution in [0.4, 0.5) is 0 Å². The van der Waals surface area contributed by atoms with Gasteiger partial charge in [-0.15, -0.1) is 0 Å². The van der Waals surface area contributed by atoms with Crippen LogP contribution in [0.2, 0.25) is 0 Å². The fraction of sp³-hybridized carbons (Fsp3) is 0.269. The molecule has 1 aliphatic rings. The van der Waals surface area contributed by atoms with Crippen molar-refractivity contribution in [3.05, 3.63) is 108 Å². The number of carbonyl (C=O) groups excluding carboxylic acids is 1. The van der Waals surface area contributed by atoms with Crippen LogP contribution in [-0.2, 0) is 45.6 Å². The summed E-state index contributed by atoms with van der Waals surface area (Å²) in [6.45, 7) is -1.79. The second-order valence-electron chi connectivity index (χ2n) is 7.64. The second kappa shape index (κ2) is 11.7. The molecule has 3 aromatic carbocycles. The van der Waals surface area contributed by atoms with Gasteiger partial charge in [0.15, 0.2) is 12.1 Å². The summed E-state index contributed by atoms with van der Waals surface area (Å²) in [4.78, 5) is 12.3. The smallest absolute Gasteiger partial charge is 0.339 e. The van der Waals surface area contributed by atoms with Crippen molar-refractivity contribution >= 4 is 13.6 Å². The normalized spacial score (nSPS) is 21.6. The summed E-state index contributed by atoms with van der Waals surface area (Å²) in [6, 6.07) is 26.7. The molecular weight excluding hydrogens is 455 g/mol. The zero-order valence-electron chi connectivity index (χ0n) is 20.6. The predicted molar refractivity (Wildman–Crippen MR) is 126 cm³/mol. The largest absolute Gasteiger partial charge is 0.475 e. The lowest BCUT2D eigenvalue weighted by atomic mass is 10.1. The molecule has 0 aliphatic carbocycles. The van der Waals surface area contributed by atoms with Gasteiger partial charge in [0.25, 0.3) is 0 Å². The third-order valence-electron chi connectivity index (χ3n) is 5.03. The Morgan fingerprint density at radius 2 is 1.32 bits per heavy atom. The van der Waals surface area contributed by atoms with E-state index in [4.69, 9.17) is 25.8 Å². The highest BCUT2D eigenvalue weighted by Gasteiger charge is 2.41. The van der Waals surface area contributed by atoms with E-state index in [0.29, 0.717) is 16.7 Å². The first-order valence-electron chi connectivity index (χ1n) is 11.8. The first-order chi connectivity index (χ1) is 17.3. The number of Topliss-reactive ketones (excluding diaryl/α,β-unsaturated/α-hetero) is 1. The first kappa shape index (κ1) is 21.9. The molecule has 34 heavy (non-hydrogen) atoms. The number of ketones is 1. The average Bonchev–Trinajstić information content (AvgIpc) is 3.36. The highest BCUT2D eigenvalue weighted by atomic mass is 31.2. The Morgan fingerprint density at radius 1 is 0.824 bits per heavy atom. The lowest BCUT2D eigenvalue weighted by Gasteiger charge is -2.21. The van der Waals surface area contributed by atoms with Crippen molar-refractivity contribution in [3.8, 4) is 0 Å². The fourth-order valence-corrected chi connectivity index (χ4v) is 4.30. The van der Waals surface area contributed by atoms with Crippen LogP contribution >= 0.6 is 7.82 Å². The second-order valence-corrected chi connectivity index (χ2v) is 9.23. The molecular formula is C26H27O7P. The van der Waals surface area contributed by atoms with Crippen molar-refractivity contribution in [3.63, 3.8) is 0 Å². The number of carbonyl (C=O) groups is 1. The van der Waals surface area contributed by atoms with E-state index in [2.05, 4.69) is 0 Å². The molecule has 1 unspecified atom stereocenters. The summed E-state index contributed by atoms with van der Waals surface area (Å²) in [5, 5.41) is 0. The van der Waals surface area contributed by atoms with Gasteiger partial charge in [0.2, 0.25) is 0 Å². The predicted octanol–water partition coefficient (Wildman–Crippen LogP) is 5.62. The van der Waals surface area contributed by atoms with E-state index >= 15 is 0 Å². The summed E-state index contributed by atoms with van der Waals surface area (Å²) in [7, 11) is -4.49. The Kier molecular flexibility index (Phi) is 7.50. The standard InChI is InChI=1S/C26H27O7P/c1-20(27)25-24(32-26(33-25)23-15-9-4-10-16-23)19-31-34(28,29-17-21-11-5-2-6-12-21)30-18-22-13-7-3-8-14-22/h2-16,24-26H,17-19H2,1H3/t24-,25-,26?/m0/s1/i19D2. The molecule has 7 nitrogen and oxygen atoms in total. The molecule has 178 valence electrons. The van der Waals surface area contributed by atoms with Gasteiger partial charge in [-0.1, -0.05) is 91.0 Å². The SMILES string of the molecule is [2H]C([2H])(OP(=O)(OCc1ccccc1)OCc1ccccc1)[C@@H]1OC(c2ccccc2)O[C@H]1C(C)=O. The lowest BCUT2D eigenvalue weighted by Crippen LogP contribution is -2.33. The minimum atomic E-state index is -4.49. The monoisotopic (exact) mass is 484 g/mol. The molecule has 3 aromatic rings. The van der Waals surface area contributed by atoms with E-state index in [-0.39, 0.29) is 13.2 Å². The highest BCUT2D eigenvalue weighted by Crippen LogP contribution is 2.51. The third kappa shape index (κ3) is 6.70. The summed E-state index contributed by atoms with van der Waals surface area (Å²) in [6.07, 6.45) is -3.81. The zero-order valence-corrected chi connectivity index (χ0v) is 19.5. The van der Waals surface area contributed by atoms with Crippen LogP contribution in [0.5, 0.6) is 0 Å². The molecule has 0 bridgehead atoms. The van der Waals surface area contributed by atoms with Crippen molar-refractivity contribution in [2.75, 3.05) is 6.56 Å². The first-order valence-corrected chi connectivity index (χ1v) is 12.3.